The first-order valence-electron chi connectivity index (χ1n) is 5.96. The fourth-order valence-corrected chi connectivity index (χ4v) is 1.90. The van der Waals surface area contributed by atoms with E-state index in [4.69, 9.17) is 9.84 Å². The van der Waals surface area contributed by atoms with E-state index in [1.807, 2.05) is 35.8 Å². The predicted molar refractivity (Wildman–Crippen MR) is 70.4 cm³/mol. The van der Waals surface area contributed by atoms with Gasteiger partial charge in [0.25, 0.3) is 0 Å². The summed E-state index contributed by atoms with van der Waals surface area (Å²) in [6.45, 7) is 2.54. The van der Waals surface area contributed by atoms with Gasteiger partial charge in [0.1, 0.15) is 11.6 Å². The van der Waals surface area contributed by atoms with Crippen LogP contribution in [0.5, 0.6) is 5.75 Å². The molecule has 1 aromatic carbocycles. The molecule has 0 unspecified atom stereocenters. The van der Waals surface area contributed by atoms with E-state index < -0.39 is 5.97 Å². The van der Waals surface area contributed by atoms with E-state index in [9.17, 15) is 4.79 Å². The molecule has 0 saturated heterocycles. The van der Waals surface area contributed by atoms with Crippen LogP contribution in [0, 0.1) is 6.92 Å². The maximum atomic E-state index is 10.7. The number of hydrogen-bond acceptors (Lipinski definition) is 3. The third-order valence-corrected chi connectivity index (χ3v) is 2.87. The van der Waals surface area contributed by atoms with Crippen LogP contribution in [-0.4, -0.2) is 27.7 Å². The average molecular weight is 260 g/mol. The highest BCUT2D eigenvalue weighted by Crippen LogP contribution is 2.13. The Bertz CT molecular complexity index is 573. The van der Waals surface area contributed by atoms with Gasteiger partial charge in [0.2, 0.25) is 0 Å². The van der Waals surface area contributed by atoms with E-state index in [0.717, 1.165) is 17.1 Å². The van der Waals surface area contributed by atoms with Gasteiger partial charge in [0, 0.05) is 12.7 Å². The average Bonchev–Trinajstić information content (AvgIpc) is 2.69. The summed E-state index contributed by atoms with van der Waals surface area (Å²) in [7, 11) is 1.63. The third kappa shape index (κ3) is 3.34. The number of rotatable bonds is 5. The molecule has 0 amide bonds. The second-order valence-electron chi connectivity index (χ2n) is 4.33. The molecule has 1 aromatic heterocycles. The number of ether oxygens (including phenoxy) is 1. The third-order valence-electron chi connectivity index (χ3n) is 2.87. The van der Waals surface area contributed by atoms with Gasteiger partial charge < -0.3 is 14.4 Å². The number of hydrogen-bond donors (Lipinski definition) is 1. The van der Waals surface area contributed by atoms with Crippen LogP contribution >= 0.6 is 0 Å². The zero-order chi connectivity index (χ0) is 13.8. The first-order valence-corrected chi connectivity index (χ1v) is 5.96. The molecule has 0 radical (unpaired) electrons. The van der Waals surface area contributed by atoms with E-state index in [1.165, 1.54) is 0 Å². The second-order valence-corrected chi connectivity index (χ2v) is 4.33. The number of methoxy groups -OCH3 is 1. The summed E-state index contributed by atoms with van der Waals surface area (Å²) in [5, 5.41) is 8.75. The molecule has 2 rings (SSSR count). The molecule has 0 spiro atoms. The summed E-state index contributed by atoms with van der Waals surface area (Å²) in [5.74, 6) is 0.763. The summed E-state index contributed by atoms with van der Waals surface area (Å²) in [6.07, 6.45) is 1.74. The maximum Gasteiger partial charge on any atom is 0.309 e. The highest BCUT2D eigenvalue weighted by molar-refractivity contribution is 5.69. The van der Waals surface area contributed by atoms with Gasteiger partial charge in [-0.2, -0.15) is 0 Å². The molecule has 2 aromatic rings. The Kier molecular flexibility index (Phi) is 3.85. The number of carboxylic acids is 1. The van der Waals surface area contributed by atoms with Crippen molar-refractivity contribution in [3.8, 4) is 5.75 Å². The zero-order valence-corrected chi connectivity index (χ0v) is 11.0. The van der Waals surface area contributed by atoms with Crippen molar-refractivity contribution in [2.24, 2.45) is 0 Å². The number of imidazole rings is 1. The van der Waals surface area contributed by atoms with Crippen LogP contribution in [0.15, 0.2) is 30.5 Å². The van der Waals surface area contributed by atoms with E-state index in [2.05, 4.69) is 4.98 Å². The van der Waals surface area contributed by atoms with Gasteiger partial charge in [-0.1, -0.05) is 12.1 Å². The highest BCUT2D eigenvalue weighted by Gasteiger charge is 2.08. The molecule has 0 saturated carbocycles. The molecule has 0 aliphatic heterocycles. The lowest BCUT2D eigenvalue weighted by atomic mass is 10.2. The number of carboxylic acid groups (broad SMARTS) is 1. The van der Waals surface area contributed by atoms with E-state index in [0.29, 0.717) is 12.2 Å². The van der Waals surface area contributed by atoms with Crippen molar-refractivity contribution in [3.63, 3.8) is 0 Å². The van der Waals surface area contributed by atoms with Crippen molar-refractivity contribution >= 4 is 5.97 Å². The molecule has 0 aliphatic rings. The lowest BCUT2D eigenvalue weighted by molar-refractivity contribution is -0.136. The number of nitrogens with zero attached hydrogens (tertiary/aromatic N) is 2. The molecule has 1 N–H and O–H groups in total. The molecular formula is C14H16N2O3. The summed E-state index contributed by atoms with van der Waals surface area (Å²) >= 11 is 0. The Morgan fingerprint density at radius 3 is 2.63 bits per heavy atom. The minimum absolute atomic E-state index is 0.0452. The van der Waals surface area contributed by atoms with Crippen molar-refractivity contribution in [2.75, 3.05) is 7.11 Å². The fourth-order valence-electron chi connectivity index (χ4n) is 1.90. The van der Waals surface area contributed by atoms with Crippen LogP contribution in [0.4, 0.5) is 0 Å². The molecular weight excluding hydrogens is 244 g/mol. The van der Waals surface area contributed by atoms with Gasteiger partial charge >= 0.3 is 5.97 Å². The van der Waals surface area contributed by atoms with Crippen molar-refractivity contribution in [2.45, 2.75) is 19.9 Å². The molecule has 100 valence electrons. The van der Waals surface area contributed by atoms with Gasteiger partial charge in [-0.05, 0) is 24.6 Å². The Morgan fingerprint density at radius 2 is 2.05 bits per heavy atom. The highest BCUT2D eigenvalue weighted by atomic mass is 16.5. The molecule has 0 aliphatic carbocycles. The van der Waals surface area contributed by atoms with E-state index in [-0.39, 0.29) is 6.42 Å². The van der Waals surface area contributed by atoms with Crippen molar-refractivity contribution in [1.82, 2.24) is 9.55 Å². The van der Waals surface area contributed by atoms with Gasteiger partial charge in [0.15, 0.2) is 0 Å². The van der Waals surface area contributed by atoms with Gasteiger partial charge in [-0.25, -0.2) is 4.98 Å². The monoisotopic (exact) mass is 260 g/mol. The largest absolute Gasteiger partial charge is 0.497 e. The quantitative estimate of drug-likeness (QED) is 0.891. The summed E-state index contributed by atoms with van der Waals surface area (Å²) in [5.41, 5.74) is 1.70. The zero-order valence-electron chi connectivity index (χ0n) is 11.0. The van der Waals surface area contributed by atoms with E-state index in [1.54, 1.807) is 13.3 Å². The number of aliphatic carboxylic acids is 1. The normalized spacial score (nSPS) is 10.4. The molecule has 0 fully saturated rings. The summed E-state index contributed by atoms with van der Waals surface area (Å²) in [6, 6.07) is 7.77. The number of aryl methyl sites for hydroxylation is 1. The number of carbonyl (C=O) groups is 1. The van der Waals surface area contributed by atoms with Crippen LogP contribution in [0.25, 0.3) is 0 Å². The van der Waals surface area contributed by atoms with Crippen LogP contribution < -0.4 is 4.74 Å². The molecule has 1 heterocycles. The van der Waals surface area contributed by atoms with Crippen molar-refractivity contribution in [1.29, 1.82) is 0 Å². The first kappa shape index (κ1) is 13.1. The maximum absolute atomic E-state index is 10.7. The first-order chi connectivity index (χ1) is 9.08. The van der Waals surface area contributed by atoms with Gasteiger partial charge in [-0.15, -0.1) is 0 Å². The van der Waals surface area contributed by atoms with Crippen molar-refractivity contribution in [3.05, 3.63) is 47.5 Å². The topological polar surface area (TPSA) is 64.3 Å². The van der Waals surface area contributed by atoms with Crippen molar-refractivity contribution < 1.29 is 14.6 Å². The summed E-state index contributed by atoms with van der Waals surface area (Å²) < 4.78 is 7.05. The fraction of sp³-hybridized carbons (Fsp3) is 0.286. The van der Waals surface area contributed by atoms with Crippen LogP contribution in [0.2, 0.25) is 0 Å². The molecule has 5 nitrogen and oxygen atoms in total. The van der Waals surface area contributed by atoms with E-state index >= 15 is 0 Å². The SMILES string of the molecule is COc1ccc(Cn2cc(CC(=O)O)nc2C)cc1. The Morgan fingerprint density at radius 1 is 1.37 bits per heavy atom. The standard InChI is InChI=1S/C14H16N2O3/c1-10-15-12(7-14(17)18)9-16(10)8-11-3-5-13(19-2)6-4-11/h3-6,9H,7-8H2,1-2H3,(H,17,18). The molecule has 5 heteroatoms. The van der Waals surface area contributed by atoms with Gasteiger partial charge in [0.05, 0.1) is 19.2 Å². The van der Waals surface area contributed by atoms with Crippen LogP contribution in [0.1, 0.15) is 17.1 Å². The molecule has 0 atom stereocenters. The minimum atomic E-state index is -0.867. The van der Waals surface area contributed by atoms with Crippen LogP contribution in [0.3, 0.4) is 0 Å². The lowest BCUT2D eigenvalue weighted by Gasteiger charge is -2.06. The Balaban J connectivity index is 2.13. The minimum Gasteiger partial charge on any atom is -0.497 e. The van der Waals surface area contributed by atoms with Gasteiger partial charge in [-0.3, -0.25) is 4.79 Å². The Labute approximate surface area is 111 Å². The number of benzene rings is 1. The molecule has 19 heavy (non-hydrogen) atoms. The smallest absolute Gasteiger partial charge is 0.309 e. The van der Waals surface area contributed by atoms with Crippen LogP contribution in [-0.2, 0) is 17.8 Å². The second kappa shape index (κ2) is 5.56. The summed E-state index contributed by atoms with van der Waals surface area (Å²) in [4.78, 5) is 14.9. The molecule has 0 bridgehead atoms. The number of aromatic nitrogens is 2. The lowest BCUT2D eigenvalue weighted by Crippen LogP contribution is -2.01. The Hall–Kier alpha value is -2.30. The predicted octanol–water partition coefficient (Wildman–Crippen LogP) is 1.88.